The summed E-state index contributed by atoms with van der Waals surface area (Å²) in [6.45, 7) is 0. The molecule has 1 N–H and O–H groups in total. The molecule has 3 heteroatoms. The Balaban J connectivity index is 1.58. The van der Waals surface area contributed by atoms with Crippen LogP contribution in [-0.2, 0) is 11.2 Å². The number of benzene rings is 1. The lowest BCUT2D eigenvalue weighted by Crippen LogP contribution is -2.39. The normalized spacial score (nSPS) is 29.5. The van der Waals surface area contributed by atoms with Gasteiger partial charge in [0.25, 0.3) is 0 Å². The highest BCUT2D eigenvalue weighted by molar-refractivity contribution is 5.79. The fourth-order valence-corrected chi connectivity index (χ4v) is 3.49. The SMILES string of the molecule is O=C(Cc1ccccc1F)N[C@H]1C[C@H]2CC[C@@H]1C2. The number of hydrogen-bond donors (Lipinski definition) is 1. The third kappa shape index (κ3) is 2.26. The molecule has 0 heterocycles. The third-order valence-corrected chi connectivity index (χ3v) is 4.39. The van der Waals surface area contributed by atoms with Crippen molar-refractivity contribution in [2.75, 3.05) is 0 Å². The molecule has 96 valence electrons. The molecule has 2 aliphatic carbocycles. The Bertz CT molecular complexity index is 460. The number of halogens is 1. The molecule has 1 aromatic rings. The maximum absolute atomic E-state index is 13.4. The Hall–Kier alpha value is -1.38. The first kappa shape index (κ1) is 11.7. The number of amides is 1. The molecule has 2 bridgehead atoms. The highest BCUT2D eigenvalue weighted by Gasteiger charge is 2.39. The molecule has 2 nitrogen and oxygen atoms in total. The van der Waals surface area contributed by atoms with Crippen LogP contribution in [0.1, 0.15) is 31.2 Å². The molecule has 0 aromatic heterocycles. The molecule has 3 atom stereocenters. The summed E-state index contributed by atoms with van der Waals surface area (Å²) < 4.78 is 13.4. The minimum Gasteiger partial charge on any atom is -0.353 e. The Morgan fingerprint density at radius 1 is 1.28 bits per heavy atom. The summed E-state index contributed by atoms with van der Waals surface area (Å²) in [6.07, 6.45) is 5.11. The monoisotopic (exact) mass is 247 g/mol. The average Bonchev–Trinajstić information content (AvgIpc) is 2.94. The zero-order valence-electron chi connectivity index (χ0n) is 10.4. The Kier molecular flexibility index (Phi) is 3.06. The minimum atomic E-state index is -0.291. The zero-order valence-corrected chi connectivity index (χ0v) is 10.4. The first-order valence-corrected chi connectivity index (χ1v) is 6.75. The molecule has 3 rings (SSSR count). The van der Waals surface area contributed by atoms with Gasteiger partial charge in [-0.25, -0.2) is 4.39 Å². The molecule has 2 aliphatic rings. The molecule has 0 radical (unpaired) electrons. The first-order chi connectivity index (χ1) is 8.72. The van der Waals surface area contributed by atoms with E-state index in [1.54, 1.807) is 18.2 Å². The summed E-state index contributed by atoms with van der Waals surface area (Å²) in [5, 5.41) is 3.08. The van der Waals surface area contributed by atoms with Gasteiger partial charge in [0.1, 0.15) is 5.82 Å². The molecule has 0 aliphatic heterocycles. The van der Waals surface area contributed by atoms with Crippen LogP contribution in [0.2, 0.25) is 0 Å². The average molecular weight is 247 g/mol. The van der Waals surface area contributed by atoms with Gasteiger partial charge < -0.3 is 5.32 Å². The van der Waals surface area contributed by atoms with Crippen molar-refractivity contribution in [1.82, 2.24) is 5.32 Å². The first-order valence-electron chi connectivity index (χ1n) is 6.75. The van der Waals surface area contributed by atoms with Gasteiger partial charge in [-0.3, -0.25) is 4.79 Å². The molecule has 2 saturated carbocycles. The van der Waals surface area contributed by atoms with Gasteiger partial charge in [0.15, 0.2) is 0 Å². The van der Waals surface area contributed by atoms with Crippen LogP contribution in [0.15, 0.2) is 24.3 Å². The van der Waals surface area contributed by atoms with Crippen molar-refractivity contribution in [3.8, 4) is 0 Å². The van der Waals surface area contributed by atoms with E-state index < -0.39 is 0 Å². The van der Waals surface area contributed by atoms with Gasteiger partial charge >= 0.3 is 0 Å². The van der Waals surface area contributed by atoms with E-state index in [0.717, 1.165) is 12.3 Å². The largest absolute Gasteiger partial charge is 0.353 e. The predicted octanol–water partition coefficient (Wildman–Crippen LogP) is 2.67. The van der Waals surface area contributed by atoms with Crippen LogP contribution < -0.4 is 5.32 Å². The van der Waals surface area contributed by atoms with Gasteiger partial charge in [0.05, 0.1) is 6.42 Å². The van der Waals surface area contributed by atoms with E-state index in [1.165, 1.54) is 25.3 Å². The van der Waals surface area contributed by atoms with E-state index in [9.17, 15) is 9.18 Å². The zero-order chi connectivity index (χ0) is 12.5. The highest BCUT2D eigenvalue weighted by atomic mass is 19.1. The molecule has 0 spiro atoms. The van der Waals surface area contributed by atoms with Gasteiger partial charge in [-0.05, 0) is 42.7 Å². The van der Waals surface area contributed by atoms with E-state index in [1.807, 2.05) is 0 Å². The van der Waals surface area contributed by atoms with E-state index in [4.69, 9.17) is 0 Å². The maximum atomic E-state index is 13.4. The molecule has 1 amide bonds. The lowest BCUT2D eigenvalue weighted by molar-refractivity contribution is -0.121. The quantitative estimate of drug-likeness (QED) is 0.874. The van der Waals surface area contributed by atoms with Crippen LogP contribution in [0.25, 0.3) is 0 Å². The molecule has 0 saturated heterocycles. The fraction of sp³-hybridized carbons (Fsp3) is 0.533. The number of carbonyl (C=O) groups excluding carboxylic acids is 1. The molecule has 2 fully saturated rings. The minimum absolute atomic E-state index is 0.0438. The van der Waals surface area contributed by atoms with E-state index in [0.29, 0.717) is 17.5 Å². The van der Waals surface area contributed by atoms with Gasteiger partial charge in [-0.1, -0.05) is 24.6 Å². The summed E-state index contributed by atoms with van der Waals surface area (Å²) in [5.74, 6) is 1.14. The lowest BCUT2D eigenvalue weighted by atomic mass is 9.95. The molecular weight excluding hydrogens is 229 g/mol. The summed E-state index contributed by atoms with van der Waals surface area (Å²) in [7, 11) is 0. The Morgan fingerprint density at radius 2 is 2.11 bits per heavy atom. The van der Waals surface area contributed by atoms with Crippen molar-refractivity contribution in [2.24, 2.45) is 11.8 Å². The fourth-order valence-electron chi connectivity index (χ4n) is 3.49. The second-order valence-corrected chi connectivity index (χ2v) is 5.62. The smallest absolute Gasteiger partial charge is 0.224 e. The summed E-state index contributed by atoms with van der Waals surface area (Å²) in [5.41, 5.74) is 0.484. The van der Waals surface area contributed by atoms with E-state index in [2.05, 4.69) is 5.32 Å². The third-order valence-electron chi connectivity index (χ3n) is 4.39. The van der Waals surface area contributed by atoms with Crippen molar-refractivity contribution in [1.29, 1.82) is 0 Å². The lowest BCUT2D eigenvalue weighted by Gasteiger charge is -2.22. The molecule has 18 heavy (non-hydrogen) atoms. The standard InChI is InChI=1S/C15H18FNO/c16-13-4-2-1-3-11(13)9-15(18)17-14-8-10-5-6-12(14)7-10/h1-4,10,12,14H,5-9H2,(H,17,18)/t10-,12+,14-/m0/s1. The molecular formula is C15H18FNO. The summed E-state index contributed by atoms with van der Waals surface area (Å²) in [4.78, 5) is 11.9. The van der Waals surface area contributed by atoms with Crippen LogP contribution in [0.4, 0.5) is 4.39 Å². The van der Waals surface area contributed by atoms with Crippen LogP contribution in [0.3, 0.4) is 0 Å². The van der Waals surface area contributed by atoms with Crippen LogP contribution in [-0.4, -0.2) is 11.9 Å². The molecule has 0 unspecified atom stereocenters. The van der Waals surface area contributed by atoms with E-state index >= 15 is 0 Å². The topological polar surface area (TPSA) is 29.1 Å². The van der Waals surface area contributed by atoms with Crippen molar-refractivity contribution in [3.63, 3.8) is 0 Å². The summed E-state index contributed by atoms with van der Waals surface area (Å²) in [6, 6.07) is 6.83. The van der Waals surface area contributed by atoms with Crippen molar-refractivity contribution >= 4 is 5.91 Å². The summed E-state index contributed by atoms with van der Waals surface area (Å²) >= 11 is 0. The number of fused-ring (bicyclic) bond motifs is 2. The van der Waals surface area contributed by atoms with Crippen molar-refractivity contribution < 1.29 is 9.18 Å². The predicted molar refractivity (Wildman–Crippen MR) is 67.5 cm³/mol. The number of nitrogens with one attached hydrogen (secondary N) is 1. The van der Waals surface area contributed by atoms with Gasteiger partial charge in [-0.15, -0.1) is 0 Å². The van der Waals surface area contributed by atoms with Gasteiger partial charge in [0, 0.05) is 6.04 Å². The highest BCUT2D eigenvalue weighted by Crippen LogP contribution is 2.44. The Morgan fingerprint density at radius 3 is 2.78 bits per heavy atom. The van der Waals surface area contributed by atoms with Gasteiger partial charge in [0.2, 0.25) is 5.91 Å². The number of hydrogen-bond acceptors (Lipinski definition) is 1. The molecule has 1 aromatic carbocycles. The van der Waals surface area contributed by atoms with Crippen LogP contribution >= 0.6 is 0 Å². The number of carbonyl (C=O) groups is 1. The van der Waals surface area contributed by atoms with E-state index in [-0.39, 0.29) is 18.1 Å². The second kappa shape index (κ2) is 4.71. The Labute approximate surface area is 107 Å². The van der Waals surface area contributed by atoms with Crippen molar-refractivity contribution in [3.05, 3.63) is 35.6 Å². The van der Waals surface area contributed by atoms with Crippen LogP contribution in [0, 0.1) is 17.7 Å². The number of rotatable bonds is 3. The second-order valence-electron chi connectivity index (χ2n) is 5.62. The van der Waals surface area contributed by atoms with Crippen molar-refractivity contribution in [2.45, 2.75) is 38.1 Å². The van der Waals surface area contributed by atoms with Crippen LogP contribution in [0.5, 0.6) is 0 Å². The maximum Gasteiger partial charge on any atom is 0.224 e. The van der Waals surface area contributed by atoms with Gasteiger partial charge in [-0.2, -0.15) is 0 Å².